The topological polar surface area (TPSA) is 54.5 Å². The Labute approximate surface area is 185 Å². The van der Waals surface area contributed by atoms with Gasteiger partial charge in [0.25, 0.3) is 0 Å². The fourth-order valence-corrected chi connectivity index (χ4v) is 4.47. The summed E-state index contributed by atoms with van der Waals surface area (Å²) in [6.45, 7) is 6.45. The number of nitrogens with zero attached hydrogens (tertiary/aromatic N) is 2. The lowest BCUT2D eigenvalue weighted by atomic mass is 10.1. The summed E-state index contributed by atoms with van der Waals surface area (Å²) in [6.07, 6.45) is 0.244. The van der Waals surface area contributed by atoms with Gasteiger partial charge in [0.1, 0.15) is 5.01 Å². The lowest BCUT2D eigenvalue weighted by molar-refractivity contribution is -0.115. The van der Waals surface area contributed by atoms with Crippen LogP contribution in [-0.4, -0.2) is 42.1 Å². The second kappa shape index (κ2) is 9.71. The first-order chi connectivity index (χ1) is 14.6. The molecule has 1 aliphatic heterocycles. The molecule has 1 aliphatic rings. The Hall–Kier alpha value is -2.25. The van der Waals surface area contributed by atoms with Crippen LogP contribution in [0.1, 0.15) is 16.8 Å². The number of thiazole rings is 1. The Bertz CT molecular complexity index is 1010. The van der Waals surface area contributed by atoms with Gasteiger partial charge in [-0.1, -0.05) is 35.9 Å². The van der Waals surface area contributed by atoms with Gasteiger partial charge in [-0.25, -0.2) is 4.98 Å². The molecule has 0 unspecified atom stereocenters. The molecule has 1 saturated heterocycles. The van der Waals surface area contributed by atoms with Crippen molar-refractivity contribution in [2.24, 2.45) is 0 Å². The predicted molar refractivity (Wildman–Crippen MR) is 122 cm³/mol. The molecule has 7 heteroatoms. The van der Waals surface area contributed by atoms with Crippen molar-refractivity contribution in [3.8, 4) is 10.6 Å². The minimum absolute atomic E-state index is 0.0851. The number of aryl methyl sites for hydroxylation is 1. The van der Waals surface area contributed by atoms with Crippen molar-refractivity contribution in [3.05, 3.63) is 69.7 Å². The van der Waals surface area contributed by atoms with Gasteiger partial charge in [0, 0.05) is 41.3 Å². The van der Waals surface area contributed by atoms with Crippen molar-refractivity contribution in [2.45, 2.75) is 19.9 Å². The fraction of sp³-hybridized carbons (Fsp3) is 0.304. The number of halogens is 1. The largest absolute Gasteiger partial charge is 0.379 e. The third kappa shape index (κ3) is 5.46. The third-order valence-electron chi connectivity index (χ3n) is 5.07. The number of carbonyl (C=O) groups excluding carboxylic acids is 1. The van der Waals surface area contributed by atoms with E-state index in [0.717, 1.165) is 60.4 Å². The number of morpholine rings is 1. The number of hydrogen-bond donors (Lipinski definition) is 1. The number of ether oxygens (including phenoxy) is 1. The van der Waals surface area contributed by atoms with E-state index in [0.29, 0.717) is 5.02 Å². The third-order valence-corrected chi connectivity index (χ3v) is 6.24. The van der Waals surface area contributed by atoms with Crippen molar-refractivity contribution in [1.82, 2.24) is 9.88 Å². The van der Waals surface area contributed by atoms with E-state index in [4.69, 9.17) is 16.3 Å². The average molecular weight is 442 g/mol. The van der Waals surface area contributed by atoms with E-state index in [1.807, 2.05) is 24.4 Å². The van der Waals surface area contributed by atoms with Gasteiger partial charge >= 0.3 is 0 Å². The summed E-state index contributed by atoms with van der Waals surface area (Å²) < 4.78 is 5.41. The number of anilines is 1. The van der Waals surface area contributed by atoms with Gasteiger partial charge in [0.15, 0.2) is 0 Å². The summed E-state index contributed by atoms with van der Waals surface area (Å²) >= 11 is 7.54. The SMILES string of the molecule is Cc1cc(Cl)ccc1NC(=O)Cc1csc(-c2ccc(CN3CCOCC3)cc2)n1. The number of hydrogen-bond acceptors (Lipinski definition) is 5. The molecule has 0 spiro atoms. The van der Waals surface area contributed by atoms with E-state index < -0.39 is 0 Å². The Morgan fingerprint density at radius 3 is 2.70 bits per heavy atom. The van der Waals surface area contributed by atoms with Crippen molar-refractivity contribution in [2.75, 3.05) is 31.6 Å². The molecule has 1 N–H and O–H groups in total. The van der Waals surface area contributed by atoms with Crippen molar-refractivity contribution in [1.29, 1.82) is 0 Å². The second-order valence-corrected chi connectivity index (χ2v) is 8.71. The smallest absolute Gasteiger partial charge is 0.230 e. The van der Waals surface area contributed by atoms with Crippen LogP contribution in [0.2, 0.25) is 5.02 Å². The maximum absolute atomic E-state index is 12.4. The molecule has 0 aliphatic carbocycles. The van der Waals surface area contributed by atoms with Gasteiger partial charge in [-0.3, -0.25) is 9.69 Å². The van der Waals surface area contributed by atoms with Gasteiger partial charge in [0.05, 0.1) is 25.3 Å². The Morgan fingerprint density at radius 1 is 1.20 bits per heavy atom. The van der Waals surface area contributed by atoms with E-state index in [-0.39, 0.29) is 12.3 Å². The molecular weight excluding hydrogens is 418 g/mol. The zero-order valence-electron chi connectivity index (χ0n) is 16.9. The van der Waals surface area contributed by atoms with Crippen molar-refractivity contribution >= 4 is 34.5 Å². The quantitative estimate of drug-likeness (QED) is 0.597. The predicted octanol–water partition coefficient (Wildman–Crippen LogP) is 4.79. The average Bonchev–Trinajstić information content (AvgIpc) is 3.20. The summed E-state index contributed by atoms with van der Waals surface area (Å²) in [4.78, 5) is 19.5. The molecule has 0 atom stereocenters. The number of aromatic nitrogens is 1. The number of rotatable bonds is 6. The van der Waals surface area contributed by atoms with E-state index in [1.165, 1.54) is 5.56 Å². The molecule has 4 rings (SSSR count). The molecule has 5 nitrogen and oxygen atoms in total. The number of benzene rings is 2. The van der Waals surface area contributed by atoms with Gasteiger partial charge in [-0.05, 0) is 36.2 Å². The van der Waals surface area contributed by atoms with Gasteiger partial charge < -0.3 is 10.1 Å². The first-order valence-corrected chi connectivity index (χ1v) is 11.2. The molecule has 30 heavy (non-hydrogen) atoms. The van der Waals surface area contributed by atoms with Crippen LogP contribution in [0.25, 0.3) is 10.6 Å². The minimum Gasteiger partial charge on any atom is -0.379 e. The number of nitrogens with one attached hydrogen (secondary N) is 1. The zero-order chi connectivity index (χ0) is 20.9. The molecule has 1 fully saturated rings. The van der Waals surface area contributed by atoms with E-state index in [1.54, 1.807) is 17.4 Å². The maximum atomic E-state index is 12.4. The molecule has 1 amide bonds. The highest BCUT2D eigenvalue weighted by molar-refractivity contribution is 7.13. The highest BCUT2D eigenvalue weighted by Gasteiger charge is 2.13. The van der Waals surface area contributed by atoms with Crippen LogP contribution in [0.5, 0.6) is 0 Å². The normalized spacial score (nSPS) is 14.6. The first-order valence-electron chi connectivity index (χ1n) is 9.96. The first kappa shape index (κ1) is 21.0. The summed E-state index contributed by atoms with van der Waals surface area (Å²) in [6, 6.07) is 13.9. The lowest BCUT2D eigenvalue weighted by Crippen LogP contribution is -2.35. The molecular formula is C23H24ClN3O2S. The molecule has 156 valence electrons. The van der Waals surface area contributed by atoms with Crippen LogP contribution in [0.15, 0.2) is 47.8 Å². The summed E-state index contributed by atoms with van der Waals surface area (Å²) in [5.74, 6) is -0.0851. The van der Waals surface area contributed by atoms with E-state index in [2.05, 4.69) is 39.5 Å². The molecule has 2 aromatic carbocycles. The van der Waals surface area contributed by atoms with Crippen LogP contribution in [-0.2, 0) is 22.5 Å². The van der Waals surface area contributed by atoms with Gasteiger partial charge in [-0.2, -0.15) is 0 Å². The van der Waals surface area contributed by atoms with Crippen LogP contribution >= 0.6 is 22.9 Å². The zero-order valence-corrected chi connectivity index (χ0v) is 18.4. The lowest BCUT2D eigenvalue weighted by Gasteiger charge is -2.26. The Kier molecular flexibility index (Phi) is 6.79. The van der Waals surface area contributed by atoms with Crippen LogP contribution in [0, 0.1) is 6.92 Å². The highest BCUT2D eigenvalue weighted by Crippen LogP contribution is 2.25. The Balaban J connectivity index is 1.35. The van der Waals surface area contributed by atoms with Crippen molar-refractivity contribution < 1.29 is 9.53 Å². The van der Waals surface area contributed by atoms with Crippen LogP contribution in [0.3, 0.4) is 0 Å². The summed E-state index contributed by atoms with van der Waals surface area (Å²) in [7, 11) is 0. The molecule has 1 aromatic heterocycles. The second-order valence-electron chi connectivity index (χ2n) is 7.41. The maximum Gasteiger partial charge on any atom is 0.230 e. The van der Waals surface area contributed by atoms with E-state index >= 15 is 0 Å². The Morgan fingerprint density at radius 2 is 1.97 bits per heavy atom. The minimum atomic E-state index is -0.0851. The van der Waals surface area contributed by atoms with E-state index in [9.17, 15) is 4.79 Å². The highest BCUT2D eigenvalue weighted by atomic mass is 35.5. The standard InChI is InChI=1S/C23H24ClN3O2S/c1-16-12-19(24)6-7-21(16)26-22(28)13-20-15-30-23(25-20)18-4-2-17(3-5-18)14-27-8-10-29-11-9-27/h2-7,12,15H,8-11,13-14H2,1H3,(H,26,28). The molecule has 0 bridgehead atoms. The molecule has 0 radical (unpaired) electrons. The van der Waals surface area contributed by atoms with Crippen molar-refractivity contribution in [3.63, 3.8) is 0 Å². The van der Waals surface area contributed by atoms with Crippen LogP contribution in [0.4, 0.5) is 5.69 Å². The molecule has 3 aromatic rings. The fourth-order valence-electron chi connectivity index (χ4n) is 3.42. The summed E-state index contributed by atoms with van der Waals surface area (Å²) in [5, 5.41) is 6.47. The number of amides is 1. The molecule has 2 heterocycles. The van der Waals surface area contributed by atoms with Crippen LogP contribution < -0.4 is 5.32 Å². The molecule has 0 saturated carbocycles. The van der Waals surface area contributed by atoms with Gasteiger partial charge in [0.2, 0.25) is 5.91 Å². The number of carbonyl (C=O) groups is 1. The van der Waals surface area contributed by atoms with Gasteiger partial charge in [-0.15, -0.1) is 11.3 Å². The monoisotopic (exact) mass is 441 g/mol. The summed E-state index contributed by atoms with van der Waals surface area (Å²) in [5.41, 5.74) is 4.85.